The Balaban J connectivity index is 1.33. The molecule has 3 aromatic carbocycles. The van der Waals surface area contributed by atoms with E-state index >= 15 is 0 Å². The zero-order chi connectivity index (χ0) is 27.9. The van der Waals surface area contributed by atoms with E-state index in [4.69, 9.17) is 4.74 Å². The zero-order valence-corrected chi connectivity index (χ0v) is 24.9. The summed E-state index contributed by atoms with van der Waals surface area (Å²) < 4.78 is 34.2. The fraction of sp³-hybridized carbons (Fsp3) is 0.300. The summed E-state index contributed by atoms with van der Waals surface area (Å²) in [6.45, 7) is 10.3. The lowest BCUT2D eigenvalue weighted by atomic mass is 10.0. The van der Waals surface area contributed by atoms with Crippen LogP contribution >= 0.6 is 15.9 Å². The van der Waals surface area contributed by atoms with Crippen LogP contribution < -0.4 is 4.90 Å². The summed E-state index contributed by atoms with van der Waals surface area (Å²) in [6, 6.07) is 21.0. The number of hydrogen-bond donors (Lipinski definition) is 0. The highest BCUT2D eigenvalue weighted by atomic mass is 79.9. The molecule has 2 heterocycles. The molecular formula is C30H32BrN3O4S. The molecule has 9 heteroatoms. The molecule has 0 atom stereocenters. The highest BCUT2D eigenvalue weighted by Crippen LogP contribution is 2.34. The van der Waals surface area contributed by atoms with Gasteiger partial charge in [-0.1, -0.05) is 35.9 Å². The Morgan fingerprint density at radius 1 is 0.872 bits per heavy atom. The average molecular weight is 611 g/mol. The normalized spacial score (nSPS) is 14.6. The zero-order valence-electron chi connectivity index (χ0n) is 22.5. The predicted molar refractivity (Wildman–Crippen MR) is 159 cm³/mol. The van der Waals surface area contributed by atoms with Crippen molar-refractivity contribution in [1.82, 2.24) is 8.87 Å². The van der Waals surface area contributed by atoms with Crippen LogP contribution in [0.1, 0.15) is 26.3 Å². The minimum atomic E-state index is -3.73. The summed E-state index contributed by atoms with van der Waals surface area (Å²) >= 11 is 3.57. The summed E-state index contributed by atoms with van der Waals surface area (Å²) in [6.07, 6.45) is 1.35. The highest BCUT2D eigenvalue weighted by molar-refractivity contribution is 9.10. The standard InChI is InChI=1S/C30H32BrN3O4S/c1-21-5-12-25(13-6-21)39(36,37)34-20-27(31)26-19-23(9-14-28(26)34)22-7-10-24(11-8-22)32-15-17-33(18-16-32)29(35)38-30(2,3)4/h5-14,19-20H,15-18H2,1-4H3. The lowest BCUT2D eigenvalue weighted by Gasteiger charge is -2.36. The van der Waals surface area contributed by atoms with Gasteiger partial charge in [0.25, 0.3) is 10.0 Å². The first-order valence-corrected chi connectivity index (χ1v) is 15.1. The summed E-state index contributed by atoms with van der Waals surface area (Å²) in [7, 11) is -3.73. The monoisotopic (exact) mass is 609 g/mol. The molecule has 0 saturated carbocycles. The minimum absolute atomic E-state index is 0.254. The van der Waals surface area contributed by atoms with Crippen molar-refractivity contribution in [3.8, 4) is 11.1 Å². The Bertz CT molecular complexity index is 1610. The van der Waals surface area contributed by atoms with Crippen molar-refractivity contribution in [3.05, 3.63) is 83.0 Å². The fourth-order valence-corrected chi connectivity index (χ4v) is 6.73. The summed E-state index contributed by atoms with van der Waals surface area (Å²) in [5.74, 6) is 0. The Hall–Kier alpha value is -3.30. The van der Waals surface area contributed by atoms with Gasteiger partial charge in [-0.2, -0.15) is 0 Å². The molecule has 0 unspecified atom stereocenters. The number of ether oxygens (including phenoxy) is 1. The summed E-state index contributed by atoms with van der Waals surface area (Å²) in [4.78, 5) is 16.6. The maximum absolute atomic E-state index is 13.3. The van der Waals surface area contributed by atoms with E-state index in [1.165, 1.54) is 3.97 Å². The van der Waals surface area contributed by atoms with Crippen molar-refractivity contribution >= 4 is 48.6 Å². The summed E-state index contributed by atoms with van der Waals surface area (Å²) in [5.41, 5.74) is 4.25. The number of amides is 1. The first-order valence-electron chi connectivity index (χ1n) is 12.9. The van der Waals surface area contributed by atoms with Crippen LogP contribution in [-0.4, -0.2) is 55.2 Å². The fourth-order valence-electron chi connectivity index (χ4n) is 4.70. The Labute approximate surface area is 238 Å². The van der Waals surface area contributed by atoms with E-state index in [0.29, 0.717) is 18.6 Å². The van der Waals surface area contributed by atoms with Crippen LogP contribution in [0.5, 0.6) is 0 Å². The molecule has 1 saturated heterocycles. The van der Waals surface area contributed by atoms with Crippen LogP contribution in [0.3, 0.4) is 0 Å². The largest absolute Gasteiger partial charge is 0.444 e. The molecule has 7 nitrogen and oxygen atoms in total. The van der Waals surface area contributed by atoms with Crippen molar-refractivity contribution in [2.75, 3.05) is 31.1 Å². The highest BCUT2D eigenvalue weighted by Gasteiger charge is 2.26. The van der Waals surface area contributed by atoms with E-state index in [1.807, 2.05) is 45.9 Å². The predicted octanol–water partition coefficient (Wildman–Crippen LogP) is 6.67. The first-order chi connectivity index (χ1) is 18.4. The van der Waals surface area contributed by atoms with Gasteiger partial charge in [-0.25, -0.2) is 17.2 Å². The van der Waals surface area contributed by atoms with Crippen molar-refractivity contribution in [2.45, 2.75) is 38.2 Å². The molecule has 1 aliphatic rings. The summed E-state index contributed by atoms with van der Waals surface area (Å²) in [5, 5.41) is 0.825. The number of piperazine rings is 1. The second-order valence-corrected chi connectivity index (χ2v) is 13.5. The van der Waals surface area contributed by atoms with Gasteiger partial charge in [0.1, 0.15) is 5.60 Å². The molecule has 1 fully saturated rings. The number of anilines is 1. The number of benzene rings is 3. The molecule has 5 rings (SSSR count). The van der Waals surface area contributed by atoms with E-state index in [9.17, 15) is 13.2 Å². The Morgan fingerprint density at radius 2 is 1.49 bits per heavy atom. The van der Waals surface area contributed by atoms with Gasteiger partial charge in [-0.15, -0.1) is 0 Å². The first kappa shape index (κ1) is 27.3. The van der Waals surface area contributed by atoms with E-state index in [0.717, 1.165) is 45.3 Å². The third-order valence-corrected chi connectivity index (χ3v) is 9.12. The Morgan fingerprint density at radius 3 is 2.10 bits per heavy atom. The molecular weight excluding hydrogens is 578 g/mol. The van der Waals surface area contributed by atoms with Crippen molar-refractivity contribution in [1.29, 1.82) is 0 Å². The van der Waals surface area contributed by atoms with E-state index in [1.54, 1.807) is 35.4 Å². The van der Waals surface area contributed by atoms with Gasteiger partial charge in [-0.3, -0.25) is 0 Å². The number of aryl methyl sites for hydroxylation is 1. The average Bonchev–Trinajstić information content (AvgIpc) is 3.25. The molecule has 39 heavy (non-hydrogen) atoms. The van der Waals surface area contributed by atoms with Crippen LogP contribution in [-0.2, 0) is 14.8 Å². The number of aromatic nitrogens is 1. The second-order valence-electron chi connectivity index (χ2n) is 10.8. The van der Waals surface area contributed by atoms with E-state index in [-0.39, 0.29) is 11.0 Å². The van der Waals surface area contributed by atoms with Crippen LogP contribution in [0.15, 0.2) is 82.3 Å². The van der Waals surface area contributed by atoms with Crippen molar-refractivity contribution in [3.63, 3.8) is 0 Å². The maximum Gasteiger partial charge on any atom is 0.410 e. The van der Waals surface area contributed by atoms with Crippen LogP contribution in [0.2, 0.25) is 0 Å². The van der Waals surface area contributed by atoms with Crippen molar-refractivity contribution < 1.29 is 17.9 Å². The molecule has 0 bridgehead atoms. The molecule has 1 aliphatic heterocycles. The molecule has 0 radical (unpaired) electrons. The molecule has 4 aromatic rings. The third kappa shape index (κ3) is 5.70. The molecule has 0 N–H and O–H groups in total. The second kappa shape index (κ2) is 10.4. The van der Waals surface area contributed by atoms with Crippen LogP contribution in [0, 0.1) is 6.92 Å². The van der Waals surface area contributed by atoms with Gasteiger partial charge in [0.05, 0.1) is 10.4 Å². The minimum Gasteiger partial charge on any atom is -0.444 e. The smallest absolute Gasteiger partial charge is 0.410 e. The van der Waals surface area contributed by atoms with Gasteiger partial charge >= 0.3 is 6.09 Å². The van der Waals surface area contributed by atoms with Crippen molar-refractivity contribution in [2.24, 2.45) is 0 Å². The van der Waals surface area contributed by atoms with Gasteiger partial charge in [0.15, 0.2) is 0 Å². The van der Waals surface area contributed by atoms with Gasteiger partial charge in [-0.05, 0) is 91.1 Å². The van der Waals surface area contributed by atoms with Gasteiger partial charge < -0.3 is 14.5 Å². The number of fused-ring (bicyclic) bond motifs is 1. The van der Waals surface area contributed by atoms with Gasteiger partial charge in [0.2, 0.25) is 0 Å². The number of nitrogens with zero attached hydrogens (tertiary/aromatic N) is 3. The lowest BCUT2D eigenvalue weighted by Crippen LogP contribution is -2.50. The number of carbonyl (C=O) groups is 1. The number of carbonyl (C=O) groups excluding carboxylic acids is 1. The molecule has 0 spiro atoms. The van der Waals surface area contributed by atoms with E-state index < -0.39 is 15.6 Å². The lowest BCUT2D eigenvalue weighted by molar-refractivity contribution is 0.0240. The number of hydrogen-bond acceptors (Lipinski definition) is 5. The molecule has 204 valence electrons. The maximum atomic E-state index is 13.3. The molecule has 1 amide bonds. The third-order valence-electron chi connectivity index (χ3n) is 6.80. The number of halogens is 1. The SMILES string of the molecule is Cc1ccc(S(=O)(=O)n2cc(Br)c3cc(-c4ccc(N5CCN(C(=O)OC(C)(C)C)CC5)cc4)ccc32)cc1. The quantitative estimate of drug-likeness (QED) is 0.258. The Kier molecular flexibility index (Phi) is 7.24. The van der Waals surface area contributed by atoms with Gasteiger partial charge in [0, 0.05) is 47.9 Å². The van der Waals surface area contributed by atoms with E-state index in [2.05, 4.69) is 45.1 Å². The topological polar surface area (TPSA) is 71.9 Å². The number of rotatable bonds is 4. The molecule has 0 aliphatic carbocycles. The molecule has 1 aromatic heterocycles. The van der Waals surface area contributed by atoms with Crippen LogP contribution in [0.4, 0.5) is 10.5 Å². The van der Waals surface area contributed by atoms with Crippen LogP contribution in [0.25, 0.3) is 22.0 Å².